The molecular weight excluding hydrogens is 388 g/mol. The van der Waals surface area contributed by atoms with Crippen LogP contribution in [-0.4, -0.2) is 53.7 Å². The molecule has 0 spiro atoms. The predicted octanol–water partition coefficient (Wildman–Crippen LogP) is 3.33. The number of amides is 2. The first kappa shape index (κ1) is 19.3. The second-order valence-electron chi connectivity index (χ2n) is 7.14. The summed E-state index contributed by atoms with van der Waals surface area (Å²) in [6.07, 6.45) is 0. The van der Waals surface area contributed by atoms with E-state index in [4.69, 9.17) is 10.5 Å². The van der Waals surface area contributed by atoms with Gasteiger partial charge in [0.25, 0.3) is 0 Å². The molecular formula is C20H24N6O2S. The summed E-state index contributed by atoms with van der Waals surface area (Å²) in [7, 11) is 1.63. The first-order valence-electron chi connectivity index (χ1n) is 9.44. The molecule has 29 heavy (non-hydrogen) atoms. The molecule has 1 aliphatic rings. The molecule has 3 heterocycles. The summed E-state index contributed by atoms with van der Waals surface area (Å²) in [5.74, 6) is 1.89. The fraction of sp³-hybridized carbons (Fsp3) is 0.350. The highest BCUT2D eigenvalue weighted by molar-refractivity contribution is 7.16. The Hall–Kier alpha value is -3.07. The molecule has 152 valence electrons. The smallest absolute Gasteiger partial charge is 0.321 e. The van der Waals surface area contributed by atoms with Crippen molar-refractivity contribution in [3.05, 3.63) is 35.2 Å². The number of methoxy groups -OCH3 is 1. The maximum absolute atomic E-state index is 12.8. The van der Waals surface area contributed by atoms with E-state index in [9.17, 15) is 4.79 Å². The Kier molecular flexibility index (Phi) is 5.14. The van der Waals surface area contributed by atoms with E-state index in [2.05, 4.69) is 27.1 Å². The third-order valence-corrected chi connectivity index (χ3v) is 5.99. The summed E-state index contributed by atoms with van der Waals surface area (Å²) in [6, 6.07) is 7.63. The minimum atomic E-state index is -0.104. The van der Waals surface area contributed by atoms with Crippen LogP contribution < -0.4 is 20.7 Å². The fourth-order valence-corrected chi connectivity index (χ4v) is 4.39. The van der Waals surface area contributed by atoms with Crippen LogP contribution >= 0.6 is 11.3 Å². The number of hydrogen-bond acceptors (Lipinski definition) is 7. The molecule has 9 heteroatoms. The summed E-state index contributed by atoms with van der Waals surface area (Å²) in [6.45, 7) is 5.91. The number of carbonyl (C=O) groups excluding carboxylic acids is 1. The molecule has 0 bridgehead atoms. The quantitative estimate of drug-likeness (QED) is 0.685. The van der Waals surface area contributed by atoms with Crippen LogP contribution in [0.4, 0.5) is 22.2 Å². The van der Waals surface area contributed by atoms with Gasteiger partial charge in [0.05, 0.1) is 12.5 Å². The van der Waals surface area contributed by atoms with Crippen molar-refractivity contribution in [3.8, 4) is 5.75 Å². The molecule has 2 aromatic heterocycles. The van der Waals surface area contributed by atoms with Crippen molar-refractivity contribution in [2.24, 2.45) is 0 Å². The van der Waals surface area contributed by atoms with Gasteiger partial charge in [-0.3, -0.25) is 0 Å². The maximum Gasteiger partial charge on any atom is 0.321 e. The number of fused-ring (bicyclic) bond motifs is 1. The van der Waals surface area contributed by atoms with Crippen molar-refractivity contribution >= 4 is 45.0 Å². The Morgan fingerprint density at radius 1 is 1.31 bits per heavy atom. The van der Waals surface area contributed by atoms with Crippen molar-refractivity contribution in [1.82, 2.24) is 14.9 Å². The van der Waals surface area contributed by atoms with E-state index in [-0.39, 0.29) is 18.0 Å². The van der Waals surface area contributed by atoms with Crippen LogP contribution in [0.1, 0.15) is 12.5 Å². The molecule has 3 N–H and O–H groups in total. The summed E-state index contributed by atoms with van der Waals surface area (Å²) < 4.78 is 5.23. The van der Waals surface area contributed by atoms with Gasteiger partial charge in [-0.2, -0.15) is 4.98 Å². The fourth-order valence-electron chi connectivity index (χ4n) is 3.63. The van der Waals surface area contributed by atoms with E-state index in [1.807, 2.05) is 41.5 Å². The molecule has 4 rings (SSSR count). The van der Waals surface area contributed by atoms with Crippen molar-refractivity contribution in [2.75, 3.05) is 42.7 Å². The first-order valence-corrected chi connectivity index (χ1v) is 10.3. The van der Waals surface area contributed by atoms with Crippen LogP contribution in [0.25, 0.3) is 10.2 Å². The third kappa shape index (κ3) is 3.77. The molecule has 1 atom stereocenters. The van der Waals surface area contributed by atoms with Gasteiger partial charge in [0.1, 0.15) is 16.4 Å². The topological polar surface area (TPSA) is 96.6 Å². The molecule has 0 radical (unpaired) electrons. The van der Waals surface area contributed by atoms with Crippen LogP contribution in [0.2, 0.25) is 0 Å². The van der Waals surface area contributed by atoms with Gasteiger partial charge in [-0.05, 0) is 49.1 Å². The van der Waals surface area contributed by atoms with Gasteiger partial charge in [-0.1, -0.05) is 0 Å². The zero-order valence-corrected chi connectivity index (χ0v) is 17.5. The highest BCUT2D eigenvalue weighted by Gasteiger charge is 2.29. The number of carbonyl (C=O) groups is 1. The normalized spacial score (nSPS) is 16.9. The number of rotatable bonds is 3. The van der Waals surface area contributed by atoms with Gasteiger partial charge in [-0.25, -0.2) is 9.78 Å². The molecule has 1 saturated heterocycles. The van der Waals surface area contributed by atoms with Crippen LogP contribution in [0.15, 0.2) is 29.6 Å². The minimum Gasteiger partial charge on any atom is -0.497 e. The number of nitrogen functional groups attached to an aromatic ring is 1. The van der Waals surface area contributed by atoms with Gasteiger partial charge in [0.2, 0.25) is 5.95 Å². The van der Waals surface area contributed by atoms with Crippen LogP contribution in [-0.2, 0) is 0 Å². The van der Waals surface area contributed by atoms with Gasteiger partial charge >= 0.3 is 6.03 Å². The van der Waals surface area contributed by atoms with Crippen LogP contribution in [0.5, 0.6) is 5.75 Å². The SMILES string of the molecule is COc1ccc(NC(=O)N2CCN(c3nc(N)nc4sccc34)[C@H](C)C2)c(C)c1. The highest BCUT2D eigenvalue weighted by atomic mass is 32.1. The number of nitrogens with two attached hydrogens (primary N) is 1. The van der Waals surface area contributed by atoms with Crippen molar-refractivity contribution in [1.29, 1.82) is 0 Å². The largest absolute Gasteiger partial charge is 0.497 e. The minimum absolute atomic E-state index is 0.101. The highest BCUT2D eigenvalue weighted by Crippen LogP contribution is 2.31. The van der Waals surface area contributed by atoms with E-state index in [0.29, 0.717) is 19.6 Å². The van der Waals surface area contributed by atoms with E-state index in [0.717, 1.165) is 33.0 Å². The number of nitrogens with one attached hydrogen (secondary N) is 1. The molecule has 2 amide bonds. The number of aryl methyl sites for hydroxylation is 1. The molecule has 1 aromatic carbocycles. The standard InChI is InChI=1S/C20H24N6O2S/c1-12-10-14(28-3)4-5-16(12)22-20(27)25-7-8-26(13(2)11-25)17-15-6-9-29-18(15)24-19(21)23-17/h4-6,9-10,13H,7-8,11H2,1-3H3,(H,22,27)(H2,21,23,24)/t13-/m1/s1. The molecule has 1 aliphatic heterocycles. The third-order valence-electron chi connectivity index (χ3n) is 5.18. The second-order valence-corrected chi connectivity index (χ2v) is 8.04. The number of hydrogen-bond donors (Lipinski definition) is 2. The van der Waals surface area contributed by atoms with E-state index in [1.54, 1.807) is 18.4 Å². The Labute approximate surface area is 173 Å². The first-order chi connectivity index (χ1) is 14.0. The Morgan fingerprint density at radius 2 is 2.14 bits per heavy atom. The molecule has 8 nitrogen and oxygen atoms in total. The molecule has 0 unspecified atom stereocenters. The number of urea groups is 1. The summed E-state index contributed by atoms with van der Waals surface area (Å²) in [4.78, 5) is 26.5. The molecule has 0 saturated carbocycles. The lowest BCUT2D eigenvalue weighted by Gasteiger charge is -2.40. The average molecular weight is 413 g/mol. The molecule has 0 aliphatic carbocycles. The molecule has 3 aromatic rings. The maximum atomic E-state index is 12.8. The van der Waals surface area contributed by atoms with Crippen molar-refractivity contribution in [3.63, 3.8) is 0 Å². The lowest BCUT2D eigenvalue weighted by molar-refractivity contribution is 0.200. The second kappa shape index (κ2) is 7.75. The monoisotopic (exact) mass is 412 g/mol. The zero-order chi connectivity index (χ0) is 20.5. The predicted molar refractivity (Wildman–Crippen MR) is 117 cm³/mol. The average Bonchev–Trinajstić information content (AvgIpc) is 3.17. The van der Waals surface area contributed by atoms with Crippen molar-refractivity contribution in [2.45, 2.75) is 19.9 Å². The number of thiophene rings is 1. The molecule has 1 fully saturated rings. The summed E-state index contributed by atoms with van der Waals surface area (Å²) in [5.41, 5.74) is 7.65. The Bertz CT molecular complexity index is 1050. The summed E-state index contributed by atoms with van der Waals surface area (Å²) >= 11 is 1.55. The van der Waals surface area contributed by atoms with E-state index >= 15 is 0 Å². The van der Waals surface area contributed by atoms with Gasteiger partial charge in [0.15, 0.2) is 0 Å². The number of aromatic nitrogens is 2. The number of benzene rings is 1. The number of anilines is 3. The van der Waals surface area contributed by atoms with Crippen LogP contribution in [0, 0.1) is 6.92 Å². The lowest BCUT2D eigenvalue weighted by atomic mass is 10.1. The van der Waals surface area contributed by atoms with Gasteiger partial charge in [0, 0.05) is 31.4 Å². The summed E-state index contributed by atoms with van der Waals surface area (Å²) in [5, 5.41) is 6.01. The zero-order valence-electron chi connectivity index (χ0n) is 16.7. The van der Waals surface area contributed by atoms with Gasteiger partial charge < -0.3 is 25.6 Å². The van der Waals surface area contributed by atoms with E-state index in [1.165, 1.54) is 0 Å². The van der Waals surface area contributed by atoms with Crippen molar-refractivity contribution < 1.29 is 9.53 Å². The Morgan fingerprint density at radius 3 is 2.86 bits per heavy atom. The van der Waals surface area contributed by atoms with Crippen LogP contribution in [0.3, 0.4) is 0 Å². The Balaban J connectivity index is 1.47. The number of piperazine rings is 1. The van der Waals surface area contributed by atoms with E-state index < -0.39 is 0 Å². The number of ether oxygens (including phenoxy) is 1. The van der Waals surface area contributed by atoms with Gasteiger partial charge in [-0.15, -0.1) is 11.3 Å². The lowest BCUT2D eigenvalue weighted by Crippen LogP contribution is -2.55. The number of nitrogens with zero attached hydrogens (tertiary/aromatic N) is 4.